The van der Waals surface area contributed by atoms with Gasteiger partial charge < -0.3 is 14.4 Å². The van der Waals surface area contributed by atoms with Crippen molar-refractivity contribution in [2.75, 3.05) is 32.9 Å². The van der Waals surface area contributed by atoms with Gasteiger partial charge in [0, 0.05) is 19.7 Å². The molecule has 1 heterocycles. The highest BCUT2D eigenvalue weighted by atomic mass is 19.4. The van der Waals surface area contributed by atoms with Crippen molar-refractivity contribution in [3.63, 3.8) is 0 Å². The van der Waals surface area contributed by atoms with Crippen molar-refractivity contribution in [1.29, 1.82) is 0 Å². The zero-order chi connectivity index (χ0) is 16.1. The number of hydrogen-bond donors (Lipinski definition) is 0. The Morgan fingerprint density at radius 2 is 1.71 bits per heavy atom. The molecule has 1 amide bonds. The first-order valence-electron chi connectivity index (χ1n) is 6.63. The maximum absolute atomic E-state index is 12.9. The topological polar surface area (TPSA) is 38.8 Å². The van der Waals surface area contributed by atoms with Crippen LogP contribution in [0.1, 0.15) is 19.8 Å². The van der Waals surface area contributed by atoms with Gasteiger partial charge in [-0.25, -0.2) is 0 Å². The quantitative estimate of drug-likeness (QED) is 0.557. The van der Waals surface area contributed by atoms with Gasteiger partial charge in [0.25, 0.3) is 0 Å². The number of ether oxygens (including phenoxy) is 2. The molecule has 0 saturated carbocycles. The number of piperidine rings is 1. The van der Waals surface area contributed by atoms with Crippen molar-refractivity contribution >= 4 is 5.91 Å². The first kappa shape index (κ1) is 18.1. The van der Waals surface area contributed by atoms with Crippen LogP contribution in [0.3, 0.4) is 0 Å². The Morgan fingerprint density at radius 3 is 2.19 bits per heavy atom. The minimum absolute atomic E-state index is 0.177. The molecule has 0 aromatic heterocycles. The van der Waals surface area contributed by atoms with Gasteiger partial charge in [-0.05, 0) is 19.8 Å². The molecule has 0 bridgehead atoms. The van der Waals surface area contributed by atoms with Crippen molar-refractivity contribution in [2.24, 2.45) is 0 Å². The first-order chi connectivity index (χ1) is 9.70. The van der Waals surface area contributed by atoms with Gasteiger partial charge in [-0.3, -0.25) is 4.79 Å². The number of carbonyl (C=O) groups excluding carboxylic acids is 1. The van der Waals surface area contributed by atoms with E-state index in [1.54, 1.807) is 0 Å². The molecule has 0 aliphatic carbocycles. The average molecular weight is 319 g/mol. The lowest BCUT2D eigenvalue weighted by molar-refractivity contribution is -0.275. The van der Waals surface area contributed by atoms with Crippen LogP contribution < -0.4 is 0 Å². The van der Waals surface area contributed by atoms with Crippen LogP contribution in [-0.2, 0) is 14.3 Å². The number of carbonyl (C=O) groups is 1. The third-order valence-corrected chi connectivity index (χ3v) is 3.14. The van der Waals surface area contributed by atoms with Crippen LogP contribution in [0.4, 0.5) is 22.0 Å². The fourth-order valence-corrected chi connectivity index (χ4v) is 1.96. The van der Waals surface area contributed by atoms with E-state index in [0.29, 0.717) is 24.7 Å². The summed E-state index contributed by atoms with van der Waals surface area (Å²) in [6.45, 7) is 2.73. The number of amides is 1. The molecule has 1 saturated heterocycles. The van der Waals surface area contributed by atoms with Crippen LogP contribution in [-0.4, -0.2) is 61.9 Å². The molecule has 21 heavy (non-hydrogen) atoms. The van der Waals surface area contributed by atoms with E-state index in [2.05, 4.69) is 0 Å². The molecule has 124 valence electrons. The molecule has 4 nitrogen and oxygen atoms in total. The molecule has 0 radical (unpaired) electrons. The Hall–Kier alpha value is -0.960. The number of halogens is 5. The predicted octanol–water partition coefficient (Wildman–Crippen LogP) is 2.23. The van der Waals surface area contributed by atoms with E-state index in [1.165, 1.54) is 0 Å². The maximum atomic E-state index is 12.9. The Balaban J connectivity index is 2.41. The molecule has 9 heteroatoms. The summed E-state index contributed by atoms with van der Waals surface area (Å²) >= 11 is 0. The van der Waals surface area contributed by atoms with E-state index in [0.717, 1.165) is 0 Å². The third-order valence-electron chi connectivity index (χ3n) is 3.14. The lowest BCUT2D eigenvalue weighted by atomic mass is 10.1. The minimum atomic E-state index is -5.87. The average Bonchev–Trinajstić information content (AvgIpc) is 2.42. The van der Waals surface area contributed by atoms with Crippen LogP contribution in [0.25, 0.3) is 0 Å². The summed E-state index contributed by atoms with van der Waals surface area (Å²) < 4.78 is 72.7. The summed E-state index contributed by atoms with van der Waals surface area (Å²) in [5, 5.41) is 0. The van der Waals surface area contributed by atoms with Gasteiger partial charge in [0.05, 0.1) is 19.3 Å². The Bertz CT molecular complexity index is 340. The second-order valence-electron chi connectivity index (χ2n) is 4.63. The fraction of sp³-hybridized carbons (Fsp3) is 0.917. The van der Waals surface area contributed by atoms with E-state index >= 15 is 0 Å². The Morgan fingerprint density at radius 1 is 1.14 bits per heavy atom. The fourth-order valence-electron chi connectivity index (χ4n) is 1.96. The highest BCUT2D eigenvalue weighted by Crippen LogP contribution is 2.37. The van der Waals surface area contributed by atoms with E-state index in [1.807, 2.05) is 6.92 Å². The van der Waals surface area contributed by atoms with Gasteiger partial charge in [0.2, 0.25) is 0 Å². The molecular weight excluding hydrogens is 301 g/mol. The largest absolute Gasteiger partial charge is 0.463 e. The summed E-state index contributed by atoms with van der Waals surface area (Å²) in [4.78, 5) is 11.8. The van der Waals surface area contributed by atoms with Crippen LogP contribution >= 0.6 is 0 Å². The van der Waals surface area contributed by atoms with Gasteiger partial charge in [-0.15, -0.1) is 0 Å². The number of alkyl halides is 5. The zero-order valence-corrected chi connectivity index (χ0v) is 11.6. The summed E-state index contributed by atoms with van der Waals surface area (Å²) in [5.74, 6) is -7.53. The molecular formula is C12H18F5NO3. The predicted molar refractivity (Wildman–Crippen MR) is 63.0 cm³/mol. The highest BCUT2D eigenvalue weighted by Gasteiger charge is 2.64. The number of nitrogens with zero attached hydrogens (tertiary/aromatic N) is 1. The molecule has 0 N–H and O–H groups in total. The standard InChI is InChI=1S/C12H18F5NO3/c1-2-20-7-8-21-9-3-5-18(6-4-9)10(19)11(13,14)12(15,16)17/h9H,2-8H2,1H3. The van der Waals surface area contributed by atoms with Crippen LogP contribution in [0, 0.1) is 0 Å². The van der Waals surface area contributed by atoms with Crippen LogP contribution in [0.15, 0.2) is 0 Å². The van der Waals surface area contributed by atoms with Crippen molar-refractivity contribution in [3.05, 3.63) is 0 Å². The lowest BCUT2D eigenvalue weighted by Crippen LogP contribution is -2.54. The number of rotatable bonds is 6. The summed E-state index contributed by atoms with van der Waals surface area (Å²) in [6, 6.07) is 0. The normalized spacial score (nSPS) is 18.1. The molecule has 1 aliphatic heterocycles. The van der Waals surface area contributed by atoms with E-state index in [9.17, 15) is 26.7 Å². The minimum Gasteiger partial charge on any atom is -0.379 e. The van der Waals surface area contributed by atoms with Crippen LogP contribution in [0.2, 0.25) is 0 Å². The molecule has 0 unspecified atom stereocenters. The van der Waals surface area contributed by atoms with E-state index in [-0.39, 0.29) is 32.0 Å². The van der Waals surface area contributed by atoms with E-state index < -0.39 is 18.0 Å². The molecule has 1 fully saturated rings. The highest BCUT2D eigenvalue weighted by molar-refractivity contribution is 5.84. The second kappa shape index (κ2) is 7.35. The molecule has 0 spiro atoms. The van der Waals surface area contributed by atoms with Gasteiger partial charge in [0.1, 0.15) is 0 Å². The summed E-state index contributed by atoms with van der Waals surface area (Å²) in [7, 11) is 0. The van der Waals surface area contributed by atoms with Crippen molar-refractivity contribution < 1.29 is 36.2 Å². The molecule has 1 aliphatic rings. The third kappa shape index (κ3) is 4.77. The SMILES string of the molecule is CCOCCOC1CCN(C(=O)C(F)(F)C(F)(F)F)CC1. The maximum Gasteiger partial charge on any atom is 0.463 e. The number of hydrogen-bond acceptors (Lipinski definition) is 3. The lowest BCUT2D eigenvalue weighted by Gasteiger charge is -2.34. The van der Waals surface area contributed by atoms with Gasteiger partial charge in [-0.2, -0.15) is 22.0 Å². The molecule has 1 rings (SSSR count). The van der Waals surface area contributed by atoms with Gasteiger partial charge in [-0.1, -0.05) is 0 Å². The summed E-state index contributed by atoms with van der Waals surface area (Å²) in [6.07, 6.45) is -5.67. The zero-order valence-electron chi connectivity index (χ0n) is 11.6. The second-order valence-corrected chi connectivity index (χ2v) is 4.63. The van der Waals surface area contributed by atoms with Crippen molar-refractivity contribution in [2.45, 2.75) is 38.0 Å². The monoisotopic (exact) mass is 319 g/mol. The van der Waals surface area contributed by atoms with Gasteiger partial charge >= 0.3 is 18.0 Å². The van der Waals surface area contributed by atoms with E-state index in [4.69, 9.17) is 9.47 Å². The molecule has 0 aromatic rings. The van der Waals surface area contributed by atoms with Crippen molar-refractivity contribution in [3.8, 4) is 0 Å². The molecule has 0 atom stereocenters. The molecule has 0 aromatic carbocycles. The van der Waals surface area contributed by atoms with Gasteiger partial charge in [0.15, 0.2) is 0 Å². The van der Waals surface area contributed by atoms with Crippen molar-refractivity contribution in [1.82, 2.24) is 4.90 Å². The number of likely N-dealkylation sites (tertiary alicyclic amines) is 1. The summed E-state index contributed by atoms with van der Waals surface area (Å²) in [5.41, 5.74) is 0. The Kier molecular flexibility index (Phi) is 6.33. The Labute approximate surface area is 119 Å². The van der Waals surface area contributed by atoms with Crippen LogP contribution in [0.5, 0.6) is 0 Å². The first-order valence-corrected chi connectivity index (χ1v) is 6.63. The smallest absolute Gasteiger partial charge is 0.379 e.